The highest BCUT2D eigenvalue weighted by atomic mass is 35.5. The standard InChI is InChI=1S/C16H12ClNO2/c1-2-9-19-16-10-12(11-18)3-8-15(16)20-14-6-4-13(17)5-7-14/h2-8,10H,1,9H2. The molecule has 0 fully saturated rings. The molecule has 20 heavy (non-hydrogen) atoms. The van der Waals surface area contributed by atoms with Crippen LogP contribution in [0.1, 0.15) is 5.56 Å². The highest BCUT2D eigenvalue weighted by Gasteiger charge is 2.08. The van der Waals surface area contributed by atoms with Crippen molar-refractivity contribution >= 4 is 11.6 Å². The number of benzene rings is 2. The van der Waals surface area contributed by atoms with Gasteiger partial charge < -0.3 is 9.47 Å². The molecule has 0 atom stereocenters. The van der Waals surface area contributed by atoms with Crippen LogP contribution >= 0.6 is 11.6 Å². The topological polar surface area (TPSA) is 42.2 Å². The predicted octanol–water partition coefficient (Wildman–Crippen LogP) is 4.57. The molecule has 2 aromatic carbocycles. The lowest BCUT2D eigenvalue weighted by Gasteiger charge is -2.11. The van der Waals surface area contributed by atoms with E-state index in [1.807, 2.05) is 0 Å². The SMILES string of the molecule is C=CCOc1cc(C#N)ccc1Oc1ccc(Cl)cc1. The van der Waals surface area contributed by atoms with E-state index in [-0.39, 0.29) is 0 Å². The molecule has 0 aliphatic carbocycles. The predicted molar refractivity (Wildman–Crippen MR) is 78.4 cm³/mol. The van der Waals surface area contributed by atoms with Gasteiger partial charge in [-0.15, -0.1) is 0 Å². The Bertz CT molecular complexity index is 645. The fraction of sp³-hybridized carbons (Fsp3) is 0.0625. The number of hydrogen-bond acceptors (Lipinski definition) is 3. The lowest BCUT2D eigenvalue weighted by molar-refractivity contribution is 0.340. The molecule has 0 N–H and O–H groups in total. The van der Waals surface area contributed by atoms with Crippen molar-refractivity contribution in [1.82, 2.24) is 0 Å². The van der Waals surface area contributed by atoms with Gasteiger partial charge >= 0.3 is 0 Å². The first-order chi connectivity index (χ1) is 9.72. The molecular weight excluding hydrogens is 274 g/mol. The second-order valence-corrected chi connectivity index (χ2v) is 4.37. The maximum Gasteiger partial charge on any atom is 0.169 e. The largest absolute Gasteiger partial charge is 0.486 e. The van der Waals surface area contributed by atoms with Crippen LogP contribution in [0.25, 0.3) is 0 Å². The summed E-state index contributed by atoms with van der Waals surface area (Å²) in [7, 11) is 0. The minimum atomic E-state index is 0.339. The van der Waals surface area contributed by atoms with Gasteiger partial charge in [0.15, 0.2) is 11.5 Å². The van der Waals surface area contributed by atoms with Gasteiger partial charge in [-0.3, -0.25) is 0 Å². The first kappa shape index (κ1) is 14.0. The van der Waals surface area contributed by atoms with E-state index in [4.69, 9.17) is 26.3 Å². The normalized spacial score (nSPS) is 9.60. The summed E-state index contributed by atoms with van der Waals surface area (Å²) >= 11 is 5.83. The molecular formula is C16H12ClNO2. The van der Waals surface area contributed by atoms with Crippen molar-refractivity contribution in [2.24, 2.45) is 0 Å². The molecule has 0 spiro atoms. The number of ether oxygens (including phenoxy) is 2. The van der Waals surface area contributed by atoms with Crippen LogP contribution in [-0.4, -0.2) is 6.61 Å². The molecule has 0 aliphatic heterocycles. The Kier molecular flexibility index (Phi) is 4.65. The molecule has 0 saturated carbocycles. The summed E-state index contributed by atoms with van der Waals surface area (Å²) in [5.74, 6) is 1.68. The van der Waals surface area contributed by atoms with E-state index in [0.29, 0.717) is 34.4 Å². The molecule has 100 valence electrons. The van der Waals surface area contributed by atoms with E-state index in [2.05, 4.69) is 12.6 Å². The maximum absolute atomic E-state index is 8.92. The summed E-state index contributed by atoms with van der Waals surface area (Å²) in [6.45, 7) is 3.94. The van der Waals surface area contributed by atoms with Crippen LogP contribution in [0.5, 0.6) is 17.2 Å². The fourth-order valence-corrected chi connectivity index (χ4v) is 1.68. The molecule has 2 aromatic rings. The second-order valence-electron chi connectivity index (χ2n) is 3.93. The lowest BCUT2D eigenvalue weighted by Crippen LogP contribution is -1.96. The van der Waals surface area contributed by atoms with Crippen LogP contribution in [0.3, 0.4) is 0 Å². The second kappa shape index (κ2) is 6.65. The van der Waals surface area contributed by atoms with Gasteiger partial charge in [-0.1, -0.05) is 24.3 Å². The molecule has 0 bridgehead atoms. The van der Waals surface area contributed by atoms with Gasteiger partial charge in [0.1, 0.15) is 12.4 Å². The quantitative estimate of drug-likeness (QED) is 0.756. The third-order valence-corrected chi connectivity index (χ3v) is 2.72. The van der Waals surface area contributed by atoms with Crippen LogP contribution in [-0.2, 0) is 0 Å². The number of hydrogen-bond donors (Lipinski definition) is 0. The van der Waals surface area contributed by atoms with Crippen molar-refractivity contribution in [2.75, 3.05) is 6.61 Å². The maximum atomic E-state index is 8.92. The van der Waals surface area contributed by atoms with Crippen LogP contribution < -0.4 is 9.47 Å². The molecule has 0 unspecified atom stereocenters. The highest BCUT2D eigenvalue weighted by Crippen LogP contribution is 2.32. The fourth-order valence-electron chi connectivity index (χ4n) is 1.55. The summed E-state index contributed by atoms with van der Waals surface area (Å²) in [4.78, 5) is 0. The van der Waals surface area contributed by atoms with E-state index in [0.717, 1.165) is 0 Å². The average molecular weight is 286 g/mol. The van der Waals surface area contributed by atoms with Gasteiger partial charge in [0, 0.05) is 11.1 Å². The van der Waals surface area contributed by atoms with E-state index >= 15 is 0 Å². The van der Waals surface area contributed by atoms with Crippen molar-refractivity contribution in [3.05, 3.63) is 65.7 Å². The van der Waals surface area contributed by atoms with E-state index in [1.165, 1.54) is 0 Å². The molecule has 0 aliphatic rings. The lowest BCUT2D eigenvalue weighted by atomic mass is 10.2. The molecule has 0 amide bonds. The number of nitrogens with zero attached hydrogens (tertiary/aromatic N) is 1. The smallest absolute Gasteiger partial charge is 0.169 e. The Morgan fingerprint density at radius 3 is 2.55 bits per heavy atom. The first-order valence-electron chi connectivity index (χ1n) is 5.94. The molecule has 0 saturated heterocycles. The van der Waals surface area contributed by atoms with E-state index in [1.54, 1.807) is 48.5 Å². The Labute approximate surface area is 122 Å². The Morgan fingerprint density at radius 2 is 1.90 bits per heavy atom. The minimum Gasteiger partial charge on any atom is -0.486 e. The summed E-state index contributed by atoms with van der Waals surface area (Å²) < 4.78 is 11.2. The van der Waals surface area contributed by atoms with Gasteiger partial charge in [-0.05, 0) is 36.4 Å². The Morgan fingerprint density at radius 1 is 1.15 bits per heavy atom. The molecule has 0 aromatic heterocycles. The van der Waals surface area contributed by atoms with Crippen molar-refractivity contribution in [3.63, 3.8) is 0 Å². The number of nitriles is 1. The van der Waals surface area contributed by atoms with Crippen LogP contribution in [0.4, 0.5) is 0 Å². The minimum absolute atomic E-state index is 0.339. The summed E-state index contributed by atoms with van der Waals surface area (Å²) in [5.41, 5.74) is 0.507. The average Bonchev–Trinajstić information content (AvgIpc) is 2.48. The van der Waals surface area contributed by atoms with Crippen molar-refractivity contribution in [1.29, 1.82) is 5.26 Å². The van der Waals surface area contributed by atoms with Crippen LogP contribution in [0, 0.1) is 11.3 Å². The summed E-state index contributed by atoms with van der Waals surface area (Å²) in [6, 6.07) is 14.1. The molecule has 0 heterocycles. The number of rotatable bonds is 5. The monoisotopic (exact) mass is 285 g/mol. The summed E-state index contributed by atoms with van der Waals surface area (Å²) in [5, 5.41) is 9.56. The number of halogens is 1. The van der Waals surface area contributed by atoms with Crippen molar-refractivity contribution < 1.29 is 9.47 Å². The van der Waals surface area contributed by atoms with Gasteiger partial charge in [0.05, 0.1) is 11.6 Å². The zero-order valence-corrected chi connectivity index (χ0v) is 11.4. The van der Waals surface area contributed by atoms with E-state index < -0.39 is 0 Å². The van der Waals surface area contributed by atoms with E-state index in [9.17, 15) is 0 Å². The van der Waals surface area contributed by atoms with Crippen LogP contribution in [0.2, 0.25) is 5.02 Å². The molecule has 2 rings (SSSR count). The molecule has 4 heteroatoms. The zero-order chi connectivity index (χ0) is 14.4. The molecule has 3 nitrogen and oxygen atoms in total. The van der Waals surface area contributed by atoms with Gasteiger partial charge in [-0.2, -0.15) is 5.26 Å². The van der Waals surface area contributed by atoms with Gasteiger partial charge in [0.25, 0.3) is 0 Å². The zero-order valence-electron chi connectivity index (χ0n) is 10.7. The molecule has 0 radical (unpaired) electrons. The summed E-state index contributed by atoms with van der Waals surface area (Å²) in [6.07, 6.45) is 1.63. The Balaban J connectivity index is 2.27. The van der Waals surface area contributed by atoms with Crippen LogP contribution in [0.15, 0.2) is 55.1 Å². The van der Waals surface area contributed by atoms with Crippen molar-refractivity contribution in [2.45, 2.75) is 0 Å². The Hall–Kier alpha value is -2.44. The third-order valence-electron chi connectivity index (χ3n) is 2.47. The van der Waals surface area contributed by atoms with Crippen molar-refractivity contribution in [3.8, 4) is 23.3 Å². The van der Waals surface area contributed by atoms with Gasteiger partial charge in [-0.25, -0.2) is 0 Å². The highest BCUT2D eigenvalue weighted by molar-refractivity contribution is 6.30. The third kappa shape index (κ3) is 3.53. The first-order valence-corrected chi connectivity index (χ1v) is 6.32. The van der Waals surface area contributed by atoms with Gasteiger partial charge in [0.2, 0.25) is 0 Å².